The van der Waals surface area contributed by atoms with E-state index in [1.165, 1.54) is 11.3 Å². The van der Waals surface area contributed by atoms with E-state index in [4.69, 9.17) is 15.0 Å². The minimum absolute atomic E-state index is 0.0169. The Labute approximate surface area is 186 Å². The van der Waals surface area contributed by atoms with Crippen molar-refractivity contribution in [2.75, 3.05) is 0 Å². The van der Waals surface area contributed by atoms with Gasteiger partial charge < -0.3 is 15.5 Å². The van der Waals surface area contributed by atoms with Crippen LogP contribution < -0.4 is 5.32 Å². The highest BCUT2D eigenvalue weighted by atomic mass is 19.4. The van der Waals surface area contributed by atoms with Crippen molar-refractivity contribution in [3.8, 4) is 0 Å². The van der Waals surface area contributed by atoms with Gasteiger partial charge in [-0.25, -0.2) is 4.79 Å². The third-order valence-electron chi connectivity index (χ3n) is 6.65. The van der Waals surface area contributed by atoms with Gasteiger partial charge in [0.05, 0.1) is 16.6 Å². The van der Waals surface area contributed by atoms with Crippen LogP contribution in [0.1, 0.15) is 90.3 Å². The number of fused-ring (bicyclic) bond motifs is 3. The average Bonchev–Trinajstić information content (AvgIpc) is 3.13. The Hall–Kier alpha value is -2.10. The van der Waals surface area contributed by atoms with Gasteiger partial charge in [-0.1, -0.05) is 13.8 Å². The zero-order valence-electron chi connectivity index (χ0n) is 19.3. The Kier molecular flexibility index (Phi) is 7.38. The molecule has 0 radical (unpaired) electrons. The van der Waals surface area contributed by atoms with Gasteiger partial charge in [-0.15, -0.1) is 0 Å². The molecule has 2 bridgehead atoms. The van der Waals surface area contributed by atoms with Crippen LogP contribution in [-0.4, -0.2) is 43.6 Å². The van der Waals surface area contributed by atoms with E-state index in [0.717, 1.165) is 45.1 Å². The second-order valence-corrected chi connectivity index (χ2v) is 10.3. The number of carboxylic acids is 2. The van der Waals surface area contributed by atoms with Crippen LogP contribution in [-0.2, 0) is 21.7 Å². The van der Waals surface area contributed by atoms with Gasteiger partial charge in [0, 0.05) is 23.8 Å². The number of alkyl halides is 3. The summed E-state index contributed by atoms with van der Waals surface area (Å²) in [6.07, 6.45) is 2.47. The number of hydrogen-bond donors (Lipinski definition) is 3. The monoisotopic (exact) mass is 461 g/mol. The van der Waals surface area contributed by atoms with Gasteiger partial charge in [0.15, 0.2) is 0 Å². The van der Waals surface area contributed by atoms with Crippen molar-refractivity contribution in [2.45, 2.75) is 103 Å². The van der Waals surface area contributed by atoms with Crippen LogP contribution in [0.15, 0.2) is 6.20 Å². The van der Waals surface area contributed by atoms with Crippen LogP contribution in [0.3, 0.4) is 0 Å². The summed E-state index contributed by atoms with van der Waals surface area (Å²) in [7, 11) is 0. The van der Waals surface area contributed by atoms with E-state index >= 15 is 0 Å². The average molecular weight is 462 g/mol. The summed E-state index contributed by atoms with van der Waals surface area (Å²) < 4.78 is 33.8. The lowest BCUT2D eigenvalue weighted by Crippen LogP contribution is -2.56. The molecule has 10 heteroatoms. The molecule has 0 spiro atoms. The van der Waals surface area contributed by atoms with Crippen molar-refractivity contribution in [3.63, 3.8) is 0 Å². The number of aliphatic carboxylic acids is 2. The molecule has 0 unspecified atom stereocenters. The van der Waals surface area contributed by atoms with Gasteiger partial charge >= 0.3 is 18.1 Å². The molecule has 0 aromatic carbocycles. The van der Waals surface area contributed by atoms with E-state index in [-0.39, 0.29) is 11.1 Å². The Bertz CT molecular complexity index is 816. The smallest absolute Gasteiger partial charge is 0.481 e. The molecule has 32 heavy (non-hydrogen) atoms. The fourth-order valence-corrected chi connectivity index (χ4v) is 4.44. The summed E-state index contributed by atoms with van der Waals surface area (Å²) in [4.78, 5) is 20.5. The fourth-order valence-electron chi connectivity index (χ4n) is 4.44. The highest BCUT2D eigenvalue weighted by Gasteiger charge is 2.52. The largest absolute Gasteiger partial charge is 0.490 e. The Morgan fingerprint density at radius 3 is 1.91 bits per heavy atom. The molecule has 0 amide bonds. The van der Waals surface area contributed by atoms with Crippen LogP contribution >= 0.6 is 0 Å². The Balaban J connectivity index is 0.000000451. The first-order chi connectivity index (χ1) is 14.5. The molecule has 3 saturated carbocycles. The van der Waals surface area contributed by atoms with E-state index in [1.54, 1.807) is 0 Å². The Morgan fingerprint density at radius 2 is 1.56 bits per heavy atom. The second-order valence-electron chi connectivity index (χ2n) is 10.3. The van der Waals surface area contributed by atoms with E-state index in [9.17, 15) is 23.1 Å². The number of halogens is 3. The van der Waals surface area contributed by atoms with Crippen molar-refractivity contribution in [3.05, 3.63) is 17.5 Å². The van der Waals surface area contributed by atoms with Gasteiger partial charge in [0.2, 0.25) is 0 Å². The molecule has 3 aliphatic rings. The highest BCUT2D eigenvalue weighted by molar-refractivity contribution is 5.75. The number of rotatable bonds is 5. The second kappa shape index (κ2) is 9.03. The predicted molar refractivity (Wildman–Crippen MR) is 112 cm³/mol. The number of nitrogens with one attached hydrogen (secondary N) is 1. The topological polar surface area (TPSA) is 104 Å². The van der Waals surface area contributed by atoms with Crippen LogP contribution in [0.5, 0.6) is 0 Å². The maximum Gasteiger partial charge on any atom is 0.490 e. The Morgan fingerprint density at radius 1 is 1.09 bits per heavy atom. The third kappa shape index (κ3) is 5.82. The maximum atomic E-state index is 11.6. The maximum absolute atomic E-state index is 11.6. The molecular weight excluding hydrogens is 427 g/mol. The molecule has 0 saturated heterocycles. The van der Waals surface area contributed by atoms with Gasteiger partial charge in [-0.05, 0) is 65.2 Å². The van der Waals surface area contributed by atoms with Crippen LogP contribution in [0.4, 0.5) is 13.2 Å². The molecule has 0 aliphatic heterocycles. The molecule has 7 nitrogen and oxygen atoms in total. The predicted octanol–water partition coefficient (Wildman–Crippen LogP) is 4.66. The quantitative estimate of drug-likeness (QED) is 0.589. The minimum Gasteiger partial charge on any atom is -0.481 e. The third-order valence-corrected chi connectivity index (χ3v) is 6.65. The minimum atomic E-state index is -5.08. The lowest BCUT2D eigenvalue weighted by atomic mass is 9.57. The van der Waals surface area contributed by atoms with E-state index in [1.807, 2.05) is 0 Å². The lowest BCUT2D eigenvalue weighted by molar-refractivity contribution is -0.192. The summed E-state index contributed by atoms with van der Waals surface area (Å²) >= 11 is 0. The van der Waals surface area contributed by atoms with Crippen molar-refractivity contribution < 1.29 is 33.0 Å². The number of carboxylic acid groups (broad SMARTS) is 2. The van der Waals surface area contributed by atoms with E-state index < -0.39 is 23.5 Å². The molecule has 182 valence electrons. The van der Waals surface area contributed by atoms with Crippen molar-refractivity contribution >= 4 is 11.9 Å². The van der Waals surface area contributed by atoms with Crippen LogP contribution in [0.25, 0.3) is 0 Å². The molecule has 3 aliphatic carbocycles. The number of carbonyl (C=O) groups is 2. The summed E-state index contributed by atoms with van der Waals surface area (Å²) in [6, 6.07) is 0. The van der Waals surface area contributed by atoms with Gasteiger partial charge in [0.1, 0.15) is 0 Å². The van der Waals surface area contributed by atoms with Gasteiger partial charge in [-0.2, -0.15) is 18.3 Å². The molecular formula is C22H34F3N3O4. The van der Waals surface area contributed by atoms with Crippen molar-refractivity contribution in [1.29, 1.82) is 0 Å². The molecule has 1 aromatic heterocycles. The summed E-state index contributed by atoms with van der Waals surface area (Å²) in [5.41, 5.74) is 2.11. The summed E-state index contributed by atoms with van der Waals surface area (Å²) in [5.74, 6) is -2.95. The highest BCUT2D eigenvalue weighted by Crippen LogP contribution is 2.52. The van der Waals surface area contributed by atoms with Crippen molar-refractivity contribution in [1.82, 2.24) is 15.1 Å². The van der Waals surface area contributed by atoms with Crippen LogP contribution in [0.2, 0.25) is 0 Å². The molecule has 4 rings (SSSR count). The van der Waals surface area contributed by atoms with Crippen molar-refractivity contribution in [2.24, 2.45) is 5.41 Å². The number of aromatic nitrogens is 2. The molecule has 3 N–H and O–H groups in total. The zero-order valence-corrected chi connectivity index (χ0v) is 19.3. The normalized spacial score (nSPS) is 25.4. The van der Waals surface area contributed by atoms with Crippen LogP contribution in [0, 0.1) is 5.41 Å². The van der Waals surface area contributed by atoms with E-state index in [2.05, 4.69) is 50.8 Å². The zero-order chi connectivity index (χ0) is 24.5. The number of nitrogens with zero attached hydrogens (tertiary/aromatic N) is 2. The molecule has 0 atom stereocenters. The molecule has 1 heterocycles. The molecule has 3 fully saturated rings. The summed E-state index contributed by atoms with van der Waals surface area (Å²) in [5, 5.41) is 25.3. The van der Waals surface area contributed by atoms with Gasteiger partial charge in [-0.3, -0.25) is 9.48 Å². The van der Waals surface area contributed by atoms with Gasteiger partial charge in [0.25, 0.3) is 0 Å². The fraction of sp³-hybridized carbons (Fsp3) is 0.773. The first-order valence-corrected chi connectivity index (χ1v) is 10.9. The first-order valence-electron chi connectivity index (χ1n) is 10.9. The molecule has 1 aromatic rings. The lowest BCUT2D eigenvalue weighted by Gasteiger charge is -2.51. The number of hydrogen-bond acceptors (Lipinski definition) is 4. The summed E-state index contributed by atoms with van der Waals surface area (Å²) in [6.45, 7) is 11.7. The first kappa shape index (κ1) is 26.2. The van der Waals surface area contributed by atoms with E-state index in [0.29, 0.717) is 5.92 Å². The SMILES string of the molecule is CC(C)c1nn(C(C)(C)C)cc1CNC12CCC(C(=O)O)(CC1)CC2.O=C(O)C(F)(F)F. The standard InChI is InChI=1S/C20H33N3O2.C2HF3O2/c1-14(2)16-15(13-23(22-16)18(3,4)5)12-21-20-9-6-19(7-10-20,8-11-20)17(24)25;3-2(4,5)1(6)7/h13-14,21H,6-12H2,1-5H3,(H,24,25);(H,6,7).